The Morgan fingerprint density at radius 2 is 2.35 bits per heavy atom. The van der Waals surface area contributed by atoms with E-state index >= 15 is 0 Å². The average Bonchev–Trinajstić information content (AvgIpc) is 3.29. The van der Waals surface area contributed by atoms with Crippen LogP contribution in [-0.2, 0) is 20.1 Å². The number of nitrogens with one attached hydrogen (secondary N) is 2. The van der Waals surface area contributed by atoms with Gasteiger partial charge in [-0.05, 0) is 43.7 Å². The van der Waals surface area contributed by atoms with E-state index < -0.39 is 0 Å². The van der Waals surface area contributed by atoms with Gasteiger partial charge in [-0.1, -0.05) is 6.07 Å². The Bertz CT molecular complexity index is 680. The molecule has 0 saturated carbocycles. The molecule has 1 aliphatic heterocycles. The van der Waals surface area contributed by atoms with E-state index in [4.69, 9.17) is 0 Å². The summed E-state index contributed by atoms with van der Waals surface area (Å²) in [5, 5.41) is 13.1. The Kier molecular flexibility index (Phi) is 7.02. The third-order valence-electron chi connectivity index (χ3n) is 4.65. The molecule has 0 aromatic carbocycles. The van der Waals surface area contributed by atoms with Crippen LogP contribution in [0.2, 0.25) is 0 Å². The molecule has 0 amide bonds. The van der Waals surface area contributed by atoms with Gasteiger partial charge in [0.25, 0.3) is 0 Å². The number of hydrogen-bond donors (Lipinski definition) is 2. The summed E-state index contributed by atoms with van der Waals surface area (Å²) in [5.41, 5.74) is 0. The number of aliphatic imine (C=N–C) groups is 1. The number of aromatic nitrogens is 3. The van der Waals surface area contributed by atoms with Gasteiger partial charge in [0, 0.05) is 38.1 Å². The molecule has 8 heteroatoms. The van der Waals surface area contributed by atoms with Gasteiger partial charge in [-0.3, -0.25) is 9.58 Å². The predicted molar refractivity (Wildman–Crippen MR) is 106 cm³/mol. The summed E-state index contributed by atoms with van der Waals surface area (Å²) in [6.45, 7) is 7.84. The molecule has 142 valence electrons. The molecular formula is C18H29N7S. The zero-order valence-corrected chi connectivity index (χ0v) is 16.5. The topological polar surface area (TPSA) is 70.4 Å². The first-order chi connectivity index (χ1) is 12.7. The molecule has 1 saturated heterocycles. The molecule has 3 rings (SSSR count). The maximum Gasteiger partial charge on any atom is 0.191 e. The maximum atomic E-state index is 4.64. The third kappa shape index (κ3) is 5.54. The molecule has 2 aromatic rings. The summed E-state index contributed by atoms with van der Waals surface area (Å²) in [6.07, 6.45) is 4.11. The number of aryl methyl sites for hydroxylation is 1. The Balaban J connectivity index is 1.49. The molecule has 1 unspecified atom stereocenters. The summed E-state index contributed by atoms with van der Waals surface area (Å²) < 4.78 is 1.76. The van der Waals surface area contributed by atoms with E-state index in [0.29, 0.717) is 12.5 Å². The van der Waals surface area contributed by atoms with Gasteiger partial charge in [0.05, 0.1) is 0 Å². The van der Waals surface area contributed by atoms with Gasteiger partial charge in [0.2, 0.25) is 0 Å². The highest BCUT2D eigenvalue weighted by Gasteiger charge is 2.20. The number of guanidine groups is 1. The van der Waals surface area contributed by atoms with Gasteiger partial charge in [0.15, 0.2) is 5.96 Å². The minimum absolute atomic E-state index is 0.529. The van der Waals surface area contributed by atoms with Crippen molar-refractivity contribution < 1.29 is 0 Å². The summed E-state index contributed by atoms with van der Waals surface area (Å²) in [4.78, 5) is 12.9. The first-order valence-electron chi connectivity index (χ1n) is 9.34. The van der Waals surface area contributed by atoms with Crippen LogP contribution in [0.15, 0.2) is 28.8 Å². The van der Waals surface area contributed by atoms with Crippen molar-refractivity contribution in [1.82, 2.24) is 30.3 Å². The Labute approximate surface area is 159 Å². The van der Waals surface area contributed by atoms with Crippen molar-refractivity contribution in [3.05, 3.63) is 34.5 Å². The SMILES string of the molecule is CCNC(=NCc1ncnn1C)NCC1CCCN(Cc2cccs2)C1. The van der Waals surface area contributed by atoms with Crippen LogP contribution in [0.3, 0.4) is 0 Å². The lowest BCUT2D eigenvalue weighted by atomic mass is 9.98. The fourth-order valence-electron chi connectivity index (χ4n) is 3.28. The lowest BCUT2D eigenvalue weighted by molar-refractivity contribution is 0.169. The van der Waals surface area contributed by atoms with Crippen LogP contribution in [-0.4, -0.2) is 51.8 Å². The van der Waals surface area contributed by atoms with E-state index in [-0.39, 0.29) is 0 Å². The first kappa shape index (κ1) is 18.8. The fourth-order valence-corrected chi connectivity index (χ4v) is 4.03. The molecule has 7 nitrogen and oxygen atoms in total. The van der Waals surface area contributed by atoms with Crippen molar-refractivity contribution in [2.75, 3.05) is 26.2 Å². The summed E-state index contributed by atoms with van der Waals surface area (Å²) in [6, 6.07) is 4.37. The highest BCUT2D eigenvalue weighted by Crippen LogP contribution is 2.19. The van der Waals surface area contributed by atoms with Crippen LogP contribution in [0.1, 0.15) is 30.5 Å². The van der Waals surface area contributed by atoms with E-state index in [1.54, 1.807) is 11.0 Å². The van der Waals surface area contributed by atoms with Crippen LogP contribution >= 0.6 is 11.3 Å². The molecule has 2 N–H and O–H groups in total. The molecule has 1 aliphatic rings. The van der Waals surface area contributed by atoms with Crippen LogP contribution in [0.5, 0.6) is 0 Å². The van der Waals surface area contributed by atoms with Crippen molar-refractivity contribution in [2.24, 2.45) is 18.0 Å². The molecule has 0 radical (unpaired) electrons. The zero-order chi connectivity index (χ0) is 18.2. The summed E-state index contributed by atoms with van der Waals surface area (Å²) >= 11 is 1.85. The van der Waals surface area contributed by atoms with Crippen molar-refractivity contribution in [3.8, 4) is 0 Å². The average molecular weight is 376 g/mol. The molecule has 0 aliphatic carbocycles. The minimum atomic E-state index is 0.529. The third-order valence-corrected chi connectivity index (χ3v) is 5.51. The van der Waals surface area contributed by atoms with Gasteiger partial charge in [-0.15, -0.1) is 11.3 Å². The number of piperidine rings is 1. The Morgan fingerprint density at radius 3 is 3.08 bits per heavy atom. The van der Waals surface area contributed by atoms with Gasteiger partial charge in [-0.2, -0.15) is 5.10 Å². The van der Waals surface area contributed by atoms with E-state index in [0.717, 1.165) is 38.0 Å². The normalized spacial score (nSPS) is 18.8. The van der Waals surface area contributed by atoms with Gasteiger partial charge in [0.1, 0.15) is 18.7 Å². The quantitative estimate of drug-likeness (QED) is 0.571. The number of hydrogen-bond acceptors (Lipinski definition) is 5. The number of nitrogens with zero attached hydrogens (tertiary/aromatic N) is 5. The molecule has 2 aromatic heterocycles. The molecule has 0 bridgehead atoms. The van der Waals surface area contributed by atoms with Crippen molar-refractivity contribution in [1.29, 1.82) is 0 Å². The molecular weight excluding hydrogens is 346 g/mol. The smallest absolute Gasteiger partial charge is 0.191 e. The van der Waals surface area contributed by atoms with Gasteiger partial charge in [-0.25, -0.2) is 9.98 Å². The number of rotatable bonds is 7. The molecule has 3 heterocycles. The number of likely N-dealkylation sites (tertiary alicyclic amines) is 1. The second kappa shape index (κ2) is 9.68. The number of thiophene rings is 1. The van der Waals surface area contributed by atoms with E-state index in [2.05, 4.69) is 55.0 Å². The van der Waals surface area contributed by atoms with Crippen LogP contribution < -0.4 is 10.6 Å². The van der Waals surface area contributed by atoms with Crippen molar-refractivity contribution in [2.45, 2.75) is 32.9 Å². The summed E-state index contributed by atoms with van der Waals surface area (Å²) in [7, 11) is 1.89. The molecule has 26 heavy (non-hydrogen) atoms. The van der Waals surface area contributed by atoms with Crippen molar-refractivity contribution >= 4 is 17.3 Å². The molecule has 0 spiro atoms. The van der Waals surface area contributed by atoms with Crippen LogP contribution in [0.25, 0.3) is 0 Å². The lowest BCUT2D eigenvalue weighted by Gasteiger charge is -2.32. The monoisotopic (exact) mass is 375 g/mol. The van der Waals surface area contributed by atoms with Crippen molar-refractivity contribution in [3.63, 3.8) is 0 Å². The van der Waals surface area contributed by atoms with E-state index in [1.165, 1.54) is 24.3 Å². The highest BCUT2D eigenvalue weighted by molar-refractivity contribution is 7.09. The minimum Gasteiger partial charge on any atom is -0.357 e. The van der Waals surface area contributed by atoms with Crippen LogP contribution in [0.4, 0.5) is 0 Å². The second-order valence-electron chi connectivity index (χ2n) is 6.70. The van der Waals surface area contributed by atoms with E-state index in [9.17, 15) is 0 Å². The Morgan fingerprint density at radius 1 is 1.42 bits per heavy atom. The van der Waals surface area contributed by atoms with Gasteiger partial charge >= 0.3 is 0 Å². The van der Waals surface area contributed by atoms with Gasteiger partial charge < -0.3 is 10.6 Å². The second-order valence-corrected chi connectivity index (χ2v) is 7.73. The maximum absolute atomic E-state index is 4.64. The highest BCUT2D eigenvalue weighted by atomic mass is 32.1. The molecule has 1 fully saturated rings. The lowest BCUT2D eigenvalue weighted by Crippen LogP contribution is -2.44. The zero-order valence-electron chi connectivity index (χ0n) is 15.7. The van der Waals surface area contributed by atoms with E-state index in [1.807, 2.05) is 18.4 Å². The standard InChI is InChI=1S/C18H29N7S/c1-3-19-18(21-11-17-22-14-23-24(17)2)20-10-15-6-4-8-25(12-15)13-16-7-5-9-26-16/h5,7,9,14-15H,3-4,6,8,10-13H2,1-2H3,(H2,19,20,21). The molecule has 1 atom stereocenters. The first-order valence-corrected chi connectivity index (χ1v) is 10.2. The Hall–Kier alpha value is -1.93. The van der Waals surface area contributed by atoms with Crippen LogP contribution in [0, 0.1) is 5.92 Å². The fraction of sp³-hybridized carbons (Fsp3) is 0.611. The largest absolute Gasteiger partial charge is 0.357 e. The predicted octanol–water partition coefficient (Wildman–Crippen LogP) is 1.84. The summed E-state index contributed by atoms with van der Waals surface area (Å²) in [5.74, 6) is 2.37.